The normalized spacial score (nSPS) is 12.8. The van der Waals surface area contributed by atoms with E-state index in [4.69, 9.17) is 0 Å². The summed E-state index contributed by atoms with van der Waals surface area (Å²) in [6.07, 6.45) is 79.1. The average molecular weight is 943 g/mol. The number of amides is 1. The summed E-state index contributed by atoms with van der Waals surface area (Å²) in [5.41, 5.74) is 0. The van der Waals surface area contributed by atoms with Crippen LogP contribution in [-0.2, 0) is 4.79 Å². The molecule has 0 aliphatic rings. The van der Waals surface area contributed by atoms with Crippen molar-refractivity contribution in [3.05, 3.63) is 24.3 Å². The van der Waals surface area contributed by atoms with Crippen LogP contribution in [-0.4, -0.2) is 34.9 Å². The summed E-state index contributed by atoms with van der Waals surface area (Å²) in [4.78, 5) is 12.5. The lowest BCUT2D eigenvalue weighted by molar-refractivity contribution is -0.123. The van der Waals surface area contributed by atoms with E-state index in [0.717, 1.165) is 32.1 Å². The molecule has 0 fully saturated rings. The number of unbranched alkanes of at least 4 members (excludes halogenated alkanes) is 47. The maximum absolute atomic E-state index is 12.5. The van der Waals surface area contributed by atoms with Gasteiger partial charge in [0.25, 0.3) is 0 Å². The number of nitrogens with one attached hydrogen (secondary N) is 1. The minimum atomic E-state index is -0.659. The largest absolute Gasteiger partial charge is 0.394 e. The number of aliphatic hydroxyl groups is 2. The molecule has 0 aromatic carbocycles. The fourth-order valence-corrected chi connectivity index (χ4v) is 9.98. The Labute approximate surface area is 421 Å². The molecule has 0 saturated heterocycles. The minimum absolute atomic E-state index is 0.0249. The molecule has 3 N–H and O–H groups in total. The molecule has 67 heavy (non-hydrogen) atoms. The van der Waals surface area contributed by atoms with E-state index >= 15 is 0 Å². The van der Waals surface area contributed by atoms with Gasteiger partial charge in [0.05, 0.1) is 18.8 Å². The van der Waals surface area contributed by atoms with Crippen LogP contribution in [0.1, 0.15) is 354 Å². The van der Waals surface area contributed by atoms with Crippen LogP contribution in [0.15, 0.2) is 24.3 Å². The number of hydrogen-bond donors (Lipinski definition) is 3. The summed E-state index contributed by atoms with van der Waals surface area (Å²) < 4.78 is 0. The molecule has 0 heterocycles. The first-order valence-electron chi connectivity index (χ1n) is 31.0. The number of carbonyl (C=O) groups is 1. The van der Waals surface area contributed by atoms with Crippen molar-refractivity contribution in [3.63, 3.8) is 0 Å². The monoisotopic (exact) mass is 942 g/mol. The molecule has 0 aromatic rings. The molecule has 0 rings (SSSR count). The molecule has 2 atom stereocenters. The molecular formula is C63H123NO3. The highest BCUT2D eigenvalue weighted by Gasteiger charge is 2.20. The smallest absolute Gasteiger partial charge is 0.220 e. The number of aliphatic hydroxyl groups excluding tert-OH is 2. The molecule has 4 heteroatoms. The highest BCUT2D eigenvalue weighted by atomic mass is 16.3. The quantitative estimate of drug-likeness (QED) is 0.0420. The van der Waals surface area contributed by atoms with Crippen LogP contribution in [0.25, 0.3) is 0 Å². The predicted molar refractivity (Wildman–Crippen MR) is 299 cm³/mol. The summed E-state index contributed by atoms with van der Waals surface area (Å²) in [7, 11) is 0. The number of allylic oxidation sites excluding steroid dienone is 4. The van der Waals surface area contributed by atoms with Crippen molar-refractivity contribution < 1.29 is 15.0 Å². The van der Waals surface area contributed by atoms with Crippen molar-refractivity contribution in [2.75, 3.05) is 6.61 Å². The Morgan fingerprint density at radius 2 is 0.612 bits per heavy atom. The second-order valence-electron chi connectivity index (χ2n) is 21.5. The molecule has 398 valence electrons. The summed E-state index contributed by atoms with van der Waals surface area (Å²) in [6, 6.07) is -0.536. The predicted octanol–water partition coefficient (Wildman–Crippen LogP) is 20.7. The van der Waals surface area contributed by atoms with Crippen LogP contribution in [0.4, 0.5) is 0 Å². The highest BCUT2D eigenvalue weighted by molar-refractivity contribution is 5.76. The van der Waals surface area contributed by atoms with E-state index in [1.54, 1.807) is 0 Å². The molecule has 0 bridgehead atoms. The molecule has 0 aromatic heterocycles. The lowest BCUT2D eigenvalue weighted by atomic mass is 10.0. The first kappa shape index (κ1) is 65.9. The highest BCUT2D eigenvalue weighted by Crippen LogP contribution is 2.18. The van der Waals surface area contributed by atoms with Crippen LogP contribution in [0.2, 0.25) is 0 Å². The van der Waals surface area contributed by atoms with Gasteiger partial charge in [-0.15, -0.1) is 0 Å². The topological polar surface area (TPSA) is 69.6 Å². The van der Waals surface area contributed by atoms with E-state index in [0.29, 0.717) is 12.8 Å². The molecule has 1 amide bonds. The second-order valence-corrected chi connectivity index (χ2v) is 21.5. The molecule has 0 aliphatic carbocycles. The third kappa shape index (κ3) is 55.7. The first-order chi connectivity index (χ1) is 33.2. The van der Waals surface area contributed by atoms with Crippen molar-refractivity contribution in [2.24, 2.45) is 0 Å². The van der Waals surface area contributed by atoms with Crippen LogP contribution >= 0.6 is 0 Å². The van der Waals surface area contributed by atoms with Crippen molar-refractivity contribution in [1.29, 1.82) is 0 Å². The SMILES string of the molecule is CCCCCCC/C=C\C/C=C\CCCCCCCCCCCCCCCCCC(=O)NC(CO)C(O)CCCCCCCCCCCCCCCCCCCCCCCCCCCCCC. The van der Waals surface area contributed by atoms with E-state index in [1.165, 1.54) is 295 Å². The summed E-state index contributed by atoms with van der Waals surface area (Å²) in [6.45, 7) is 4.39. The van der Waals surface area contributed by atoms with Crippen molar-refractivity contribution in [1.82, 2.24) is 5.32 Å². The Morgan fingerprint density at radius 3 is 0.896 bits per heavy atom. The Kier molecular flexibility index (Phi) is 58.2. The summed E-state index contributed by atoms with van der Waals surface area (Å²) in [5.74, 6) is -0.0249. The minimum Gasteiger partial charge on any atom is -0.394 e. The maximum atomic E-state index is 12.5. The van der Waals surface area contributed by atoms with Crippen LogP contribution < -0.4 is 5.32 Å². The molecule has 0 spiro atoms. The zero-order valence-corrected chi connectivity index (χ0v) is 46.0. The molecule has 0 radical (unpaired) electrons. The Morgan fingerprint density at radius 1 is 0.358 bits per heavy atom. The molecule has 0 aliphatic heterocycles. The van der Waals surface area contributed by atoms with E-state index < -0.39 is 12.1 Å². The first-order valence-corrected chi connectivity index (χ1v) is 31.0. The third-order valence-electron chi connectivity index (χ3n) is 14.7. The van der Waals surface area contributed by atoms with Gasteiger partial charge in [0, 0.05) is 6.42 Å². The van der Waals surface area contributed by atoms with Crippen LogP contribution in [0.3, 0.4) is 0 Å². The average Bonchev–Trinajstić information content (AvgIpc) is 3.33. The summed E-state index contributed by atoms with van der Waals surface area (Å²) >= 11 is 0. The molecule has 0 saturated carbocycles. The van der Waals surface area contributed by atoms with Crippen molar-refractivity contribution >= 4 is 5.91 Å². The van der Waals surface area contributed by atoms with E-state index in [2.05, 4.69) is 43.5 Å². The third-order valence-corrected chi connectivity index (χ3v) is 14.7. The lowest BCUT2D eigenvalue weighted by Crippen LogP contribution is -2.45. The zero-order valence-electron chi connectivity index (χ0n) is 46.0. The zero-order chi connectivity index (χ0) is 48.5. The maximum Gasteiger partial charge on any atom is 0.220 e. The molecule has 4 nitrogen and oxygen atoms in total. The molecular weight excluding hydrogens is 819 g/mol. The fourth-order valence-electron chi connectivity index (χ4n) is 9.98. The Bertz CT molecular complexity index is 978. The van der Waals surface area contributed by atoms with Gasteiger partial charge in [-0.1, -0.05) is 327 Å². The van der Waals surface area contributed by atoms with E-state index in [-0.39, 0.29) is 12.5 Å². The standard InChI is InChI=1S/C63H123NO3/c1-3-5-7-9-11-13-15-17-19-21-23-25-27-29-31-33-34-36-38-40-42-44-46-48-50-52-54-56-58-62(66)61(60-65)64-63(67)59-57-55-53-51-49-47-45-43-41-39-37-35-32-30-28-26-24-22-20-18-16-14-12-10-8-6-4-2/h16,18,22,24,61-62,65-66H,3-15,17,19-21,23,25-60H2,1-2H3,(H,64,67)/b18-16-,24-22-. The van der Waals surface area contributed by atoms with Gasteiger partial charge in [-0.05, 0) is 44.9 Å². The van der Waals surface area contributed by atoms with Gasteiger partial charge >= 0.3 is 0 Å². The fraction of sp³-hybridized carbons (Fsp3) is 0.921. The summed E-state index contributed by atoms with van der Waals surface area (Å²) in [5, 5.41) is 23.4. The lowest BCUT2D eigenvalue weighted by Gasteiger charge is -2.22. The van der Waals surface area contributed by atoms with Crippen molar-refractivity contribution in [2.45, 2.75) is 366 Å². The van der Waals surface area contributed by atoms with Crippen LogP contribution in [0, 0.1) is 0 Å². The van der Waals surface area contributed by atoms with Gasteiger partial charge in [-0.3, -0.25) is 4.79 Å². The van der Waals surface area contributed by atoms with Crippen LogP contribution in [0.5, 0.6) is 0 Å². The Hall–Kier alpha value is -1.13. The molecule has 2 unspecified atom stereocenters. The van der Waals surface area contributed by atoms with E-state index in [9.17, 15) is 15.0 Å². The van der Waals surface area contributed by atoms with Gasteiger partial charge in [0.15, 0.2) is 0 Å². The van der Waals surface area contributed by atoms with Gasteiger partial charge in [0.1, 0.15) is 0 Å². The second kappa shape index (κ2) is 59.2. The Balaban J connectivity index is 3.41. The van der Waals surface area contributed by atoms with Gasteiger partial charge in [-0.2, -0.15) is 0 Å². The number of carbonyl (C=O) groups excluding carboxylic acids is 1. The number of rotatable bonds is 58. The van der Waals surface area contributed by atoms with Gasteiger partial charge in [-0.25, -0.2) is 0 Å². The van der Waals surface area contributed by atoms with Gasteiger partial charge < -0.3 is 15.5 Å². The number of hydrogen-bond acceptors (Lipinski definition) is 3. The van der Waals surface area contributed by atoms with E-state index in [1.807, 2.05) is 0 Å². The van der Waals surface area contributed by atoms with Gasteiger partial charge in [0.2, 0.25) is 5.91 Å². The van der Waals surface area contributed by atoms with Crippen molar-refractivity contribution in [3.8, 4) is 0 Å².